The van der Waals surface area contributed by atoms with E-state index in [0.717, 1.165) is 41.6 Å². The Labute approximate surface area is 180 Å². The molecule has 1 N–H and O–H groups in total. The first-order chi connectivity index (χ1) is 14.9. The molecule has 2 aromatic carbocycles. The fourth-order valence-corrected chi connectivity index (χ4v) is 4.97. The fourth-order valence-electron chi connectivity index (χ4n) is 4.97. The summed E-state index contributed by atoms with van der Waals surface area (Å²) in [5.41, 5.74) is 4.82. The molecule has 1 heterocycles. The Balaban J connectivity index is 1.53. The number of methoxy groups -OCH3 is 1. The van der Waals surface area contributed by atoms with Crippen LogP contribution >= 0.6 is 0 Å². The van der Waals surface area contributed by atoms with Gasteiger partial charge in [-0.1, -0.05) is 19.9 Å². The summed E-state index contributed by atoms with van der Waals surface area (Å²) in [6, 6.07) is 11.5. The van der Waals surface area contributed by atoms with Gasteiger partial charge < -0.3 is 10.1 Å². The van der Waals surface area contributed by atoms with E-state index in [1.165, 1.54) is 17.7 Å². The number of hydrogen-bond acceptors (Lipinski definition) is 4. The molecule has 0 aliphatic heterocycles. The molecule has 0 radical (unpaired) electrons. The minimum absolute atomic E-state index is 0.184. The van der Waals surface area contributed by atoms with Crippen molar-refractivity contribution in [2.75, 3.05) is 12.4 Å². The summed E-state index contributed by atoms with van der Waals surface area (Å²) in [5.74, 6) is 1.12. The first-order valence-electron chi connectivity index (χ1n) is 10.6. The highest BCUT2D eigenvalue weighted by molar-refractivity contribution is 5.67. The van der Waals surface area contributed by atoms with Gasteiger partial charge in [-0.2, -0.15) is 0 Å². The van der Waals surface area contributed by atoms with Crippen molar-refractivity contribution >= 4 is 5.95 Å². The number of nitrogens with one attached hydrogen (secondary N) is 1. The second-order valence-electron chi connectivity index (χ2n) is 9.09. The van der Waals surface area contributed by atoms with Gasteiger partial charge in [0, 0.05) is 35.2 Å². The molecule has 1 aromatic heterocycles. The molecule has 0 saturated heterocycles. The average molecular weight is 421 g/mol. The van der Waals surface area contributed by atoms with Crippen LogP contribution in [0.2, 0.25) is 0 Å². The third-order valence-corrected chi connectivity index (χ3v) is 7.11. The van der Waals surface area contributed by atoms with E-state index >= 15 is 0 Å². The van der Waals surface area contributed by atoms with E-state index in [2.05, 4.69) is 19.2 Å². The summed E-state index contributed by atoms with van der Waals surface area (Å²) >= 11 is 0. The lowest BCUT2D eigenvalue weighted by molar-refractivity contribution is 0.0156. The molecular formula is C25H25F2N3O. The normalized spacial score (nSPS) is 20.5. The maximum absolute atomic E-state index is 14.1. The number of halogens is 2. The zero-order chi connectivity index (χ0) is 21.8. The van der Waals surface area contributed by atoms with Crippen LogP contribution in [-0.4, -0.2) is 17.1 Å². The van der Waals surface area contributed by atoms with E-state index in [0.29, 0.717) is 23.3 Å². The molecule has 3 aliphatic rings. The molecule has 0 amide bonds. The van der Waals surface area contributed by atoms with Gasteiger partial charge in [0.15, 0.2) is 0 Å². The molecule has 1 fully saturated rings. The summed E-state index contributed by atoms with van der Waals surface area (Å²) in [5, 5.41) is 3.16. The summed E-state index contributed by atoms with van der Waals surface area (Å²) in [6.45, 7) is 4.81. The lowest BCUT2D eigenvalue weighted by Crippen LogP contribution is -2.48. The van der Waals surface area contributed by atoms with Crippen molar-refractivity contribution < 1.29 is 13.5 Å². The van der Waals surface area contributed by atoms with E-state index in [-0.39, 0.29) is 12.0 Å². The van der Waals surface area contributed by atoms with Crippen molar-refractivity contribution in [3.63, 3.8) is 0 Å². The minimum atomic E-state index is -0.588. The Morgan fingerprint density at radius 2 is 1.87 bits per heavy atom. The maximum atomic E-state index is 14.1. The number of ether oxygens (including phenoxy) is 1. The largest absolute Gasteiger partial charge is 0.497 e. The summed E-state index contributed by atoms with van der Waals surface area (Å²) in [7, 11) is 1.65. The molecule has 0 spiro atoms. The molecule has 4 nitrogen and oxygen atoms in total. The van der Waals surface area contributed by atoms with Gasteiger partial charge in [-0.15, -0.1) is 0 Å². The van der Waals surface area contributed by atoms with Crippen LogP contribution in [0.1, 0.15) is 43.0 Å². The Kier molecular flexibility index (Phi) is 4.68. The van der Waals surface area contributed by atoms with Crippen LogP contribution in [0.5, 0.6) is 5.75 Å². The van der Waals surface area contributed by atoms with Gasteiger partial charge in [-0.25, -0.2) is 18.7 Å². The van der Waals surface area contributed by atoms with Crippen LogP contribution in [0.15, 0.2) is 42.5 Å². The number of hydrogen-bond donors (Lipinski definition) is 1. The van der Waals surface area contributed by atoms with Crippen LogP contribution in [0.4, 0.5) is 14.7 Å². The third-order valence-electron chi connectivity index (χ3n) is 7.11. The van der Waals surface area contributed by atoms with E-state index in [9.17, 15) is 8.78 Å². The topological polar surface area (TPSA) is 47.0 Å². The molecule has 31 heavy (non-hydrogen) atoms. The third kappa shape index (κ3) is 3.34. The highest BCUT2D eigenvalue weighted by atomic mass is 19.1. The van der Waals surface area contributed by atoms with Gasteiger partial charge >= 0.3 is 0 Å². The number of aromatic nitrogens is 2. The number of anilines is 1. The SMILES string of the molecule is COc1ccc(-c2nc(NCc3ccc(F)cc3F)nc3c2CC2CC3C2(C)C)cc1. The van der Waals surface area contributed by atoms with Gasteiger partial charge in [0.2, 0.25) is 5.95 Å². The van der Waals surface area contributed by atoms with Crippen molar-refractivity contribution in [3.8, 4) is 17.0 Å². The van der Waals surface area contributed by atoms with Crippen LogP contribution in [0, 0.1) is 23.0 Å². The smallest absolute Gasteiger partial charge is 0.223 e. The van der Waals surface area contributed by atoms with Crippen molar-refractivity contribution in [2.45, 2.75) is 39.2 Å². The second kappa shape index (κ2) is 7.29. The van der Waals surface area contributed by atoms with Crippen LogP contribution in [-0.2, 0) is 13.0 Å². The lowest BCUT2D eigenvalue weighted by atomic mass is 9.48. The lowest BCUT2D eigenvalue weighted by Gasteiger charge is -2.56. The zero-order valence-electron chi connectivity index (χ0n) is 17.9. The van der Waals surface area contributed by atoms with Crippen LogP contribution in [0.25, 0.3) is 11.3 Å². The summed E-state index contributed by atoms with van der Waals surface area (Å²) in [6.07, 6.45) is 2.11. The standard InChI is InChI=1S/C25H25F2N3O/c1-25(2)16-10-19-22(14-5-8-18(31-3)9-6-14)29-24(30-23(19)20(25)11-16)28-13-15-4-7-17(26)12-21(15)27/h4-9,12,16,20H,10-11,13H2,1-3H3,(H,28,29,30). The molecular weight excluding hydrogens is 396 g/mol. The Bertz CT molecular complexity index is 1140. The molecule has 3 aliphatic carbocycles. The first-order valence-corrected chi connectivity index (χ1v) is 10.6. The number of benzene rings is 2. The van der Waals surface area contributed by atoms with E-state index in [1.807, 2.05) is 24.3 Å². The van der Waals surface area contributed by atoms with Gasteiger partial charge in [-0.3, -0.25) is 0 Å². The van der Waals surface area contributed by atoms with Crippen LogP contribution < -0.4 is 10.1 Å². The van der Waals surface area contributed by atoms with Crippen molar-refractivity contribution in [1.82, 2.24) is 9.97 Å². The predicted octanol–water partition coefficient (Wildman–Crippen LogP) is 5.73. The van der Waals surface area contributed by atoms with Gasteiger partial charge in [0.05, 0.1) is 18.5 Å². The van der Waals surface area contributed by atoms with E-state index in [4.69, 9.17) is 14.7 Å². The second-order valence-corrected chi connectivity index (χ2v) is 9.09. The molecule has 2 atom stereocenters. The molecule has 3 aromatic rings. The highest BCUT2D eigenvalue weighted by Gasteiger charge is 2.54. The van der Waals surface area contributed by atoms with Gasteiger partial charge in [0.1, 0.15) is 17.4 Å². The monoisotopic (exact) mass is 421 g/mol. The van der Waals surface area contributed by atoms with Crippen molar-refractivity contribution in [3.05, 3.63) is 70.9 Å². The Morgan fingerprint density at radius 1 is 1.10 bits per heavy atom. The van der Waals surface area contributed by atoms with Crippen LogP contribution in [0.3, 0.4) is 0 Å². The zero-order valence-corrected chi connectivity index (χ0v) is 17.9. The number of nitrogens with zero attached hydrogens (tertiary/aromatic N) is 2. The predicted molar refractivity (Wildman–Crippen MR) is 116 cm³/mol. The van der Waals surface area contributed by atoms with Crippen molar-refractivity contribution in [1.29, 1.82) is 0 Å². The van der Waals surface area contributed by atoms with Gasteiger partial charge in [-0.05, 0) is 54.5 Å². The summed E-state index contributed by atoms with van der Waals surface area (Å²) < 4.78 is 32.6. The quantitative estimate of drug-likeness (QED) is 0.572. The molecule has 2 unspecified atom stereocenters. The first kappa shape index (κ1) is 19.9. The molecule has 6 heteroatoms. The van der Waals surface area contributed by atoms with E-state index < -0.39 is 11.6 Å². The van der Waals surface area contributed by atoms with Gasteiger partial charge in [0.25, 0.3) is 0 Å². The van der Waals surface area contributed by atoms with Crippen molar-refractivity contribution in [2.24, 2.45) is 11.3 Å². The molecule has 6 rings (SSSR count). The fraction of sp³-hybridized carbons (Fsp3) is 0.360. The highest BCUT2D eigenvalue weighted by Crippen LogP contribution is 2.62. The number of rotatable bonds is 5. The molecule has 160 valence electrons. The van der Waals surface area contributed by atoms with E-state index in [1.54, 1.807) is 7.11 Å². The Hall–Kier alpha value is -3.02. The minimum Gasteiger partial charge on any atom is -0.497 e. The summed E-state index contributed by atoms with van der Waals surface area (Å²) in [4.78, 5) is 9.68. The average Bonchev–Trinajstić information content (AvgIpc) is 2.77. The molecule has 1 saturated carbocycles. The maximum Gasteiger partial charge on any atom is 0.223 e. The Morgan fingerprint density at radius 3 is 2.55 bits per heavy atom. The molecule has 2 bridgehead atoms.